The van der Waals surface area contributed by atoms with Crippen LogP contribution in [0, 0.1) is 0 Å². The summed E-state index contributed by atoms with van der Waals surface area (Å²) in [5, 5.41) is 8.15. The Labute approximate surface area is 117 Å². The van der Waals surface area contributed by atoms with Gasteiger partial charge >= 0.3 is 0 Å². The van der Waals surface area contributed by atoms with Gasteiger partial charge in [-0.3, -0.25) is 0 Å². The van der Waals surface area contributed by atoms with Crippen molar-refractivity contribution in [1.82, 2.24) is 0 Å². The molecule has 106 valence electrons. The first-order valence-corrected chi connectivity index (χ1v) is 7.27. The van der Waals surface area contributed by atoms with Crippen molar-refractivity contribution in [1.29, 1.82) is 0 Å². The third kappa shape index (κ3) is 3.40. The molecule has 0 aromatic heterocycles. The Morgan fingerprint density at radius 3 is 2.25 bits per heavy atom. The lowest BCUT2D eigenvalue weighted by molar-refractivity contribution is 0.415. The van der Waals surface area contributed by atoms with Crippen molar-refractivity contribution in [2.45, 2.75) is 4.90 Å². The number of nitrogens with one attached hydrogen (secondary N) is 1. The van der Waals surface area contributed by atoms with Gasteiger partial charge in [-0.2, -0.15) is 0 Å². The number of sulfonamides is 1. The second-order valence-corrected chi connectivity index (χ2v) is 5.75. The van der Waals surface area contributed by atoms with E-state index in [1.54, 1.807) is 37.4 Å². The van der Waals surface area contributed by atoms with Crippen LogP contribution in [-0.2, 0) is 10.0 Å². The quantitative estimate of drug-likeness (QED) is 0.743. The van der Waals surface area contributed by atoms with Gasteiger partial charge in [0.1, 0.15) is 5.75 Å². The molecule has 2 aromatic rings. The second-order valence-electron chi connectivity index (χ2n) is 4.19. The molecule has 0 spiro atoms. The summed E-state index contributed by atoms with van der Waals surface area (Å²) in [7, 11) is -2.21. The molecule has 0 atom stereocenters. The van der Waals surface area contributed by atoms with Crippen LogP contribution in [0.25, 0.3) is 0 Å². The molecule has 2 aromatic carbocycles. The number of rotatable bonds is 4. The van der Waals surface area contributed by atoms with Gasteiger partial charge in [0.05, 0.1) is 12.0 Å². The number of primary sulfonamides is 1. The first-order chi connectivity index (χ1) is 9.38. The second kappa shape index (κ2) is 5.40. The van der Waals surface area contributed by atoms with E-state index in [-0.39, 0.29) is 4.90 Å². The summed E-state index contributed by atoms with van der Waals surface area (Å²) in [5.74, 6) is 0.730. The molecule has 0 aliphatic rings. The maximum atomic E-state index is 11.4. The van der Waals surface area contributed by atoms with Crippen molar-refractivity contribution in [2.75, 3.05) is 18.2 Å². The Hall–Kier alpha value is -2.25. The van der Waals surface area contributed by atoms with Crippen LogP contribution in [-0.4, -0.2) is 15.5 Å². The minimum Gasteiger partial charge on any atom is -0.497 e. The van der Waals surface area contributed by atoms with E-state index in [4.69, 9.17) is 15.6 Å². The molecule has 0 fully saturated rings. The Morgan fingerprint density at radius 1 is 1.05 bits per heavy atom. The van der Waals surface area contributed by atoms with E-state index in [1.165, 1.54) is 12.1 Å². The van der Waals surface area contributed by atoms with Gasteiger partial charge in [0.15, 0.2) is 0 Å². The van der Waals surface area contributed by atoms with Gasteiger partial charge in [0.2, 0.25) is 10.0 Å². The summed E-state index contributed by atoms with van der Waals surface area (Å²) in [5.41, 5.74) is 7.30. The van der Waals surface area contributed by atoms with Crippen molar-refractivity contribution in [3.05, 3.63) is 42.5 Å². The average Bonchev–Trinajstić information content (AvgIpc) is 2.38. The van der Waals surface area contributed by atoms with Gasteiger partial charge in [0, 0.05) is 17.1 Å². The van der Waals surface area contributed by atoms with Crippen LogP contribution in [0.4, 0.5) is 17.1 Å². The normalized spacial score (nSPS) is 11.1. The summed E-state index contributed by atoms with van der Waals surface area (Å²) >= 11 is 0. The Morgan fingerprint density at radius 2 is 1.70 bits per heavy atom. The fraction of sp³-hybridized carbons (Fsp3) is 0.0769. The van der Waals surface area contributed by atoms with Crippen LogP contribution >= 0.6 is 0 Å². The molecule has 5 N–H and O–H groups in total. The molecule has 0 unspecified atom stereocenters. The van der Waals surface area contributed by atoms with E-state index in [0.29, 0.717) is 11.4 Å². The predicted molar refractivity (Wildman–Crippen MR) is 78.5 cm³/mol. The van der Waals surface area contributed by atoms with Gasteiger partial charge in [-0.25, -0.2) is 13.6 Å². The third-order valence-electron chi connectivity index (χ3n) is 2.64. The Kier molecular flexibility index (Phi) is 3.82. The number of methoxy groups -OCH3 is 1. The molecule has 0 aliphatic heterocycles. The summed E-state index contributed by atoms with van der Waals surface area (Å²) in [4.78, 5) is -0.0338. The topological polar surface area (TPSA) is 107 Å². The molecule has 0 saturated heterocycles. The van der Waals surface area contributed by atoms with E-state index in [0.717, 1.165) is 11.4 Å². The number of anilines is 3. The first kappa shape index (κ1) is 14.2. The molecule has 0 heterocycles. The van der Waals surface area contributed by atoms with Crippen molar-refractivity contribution >= 4 is 27.1 Å². The van der Waals surface area contributed by atoms with Crippen LogP contribution in [0.1, 0.15) is 0 Å². The van der Waals surface area contributed by atoms with Crippen molar-refractivity contribution in [3.8, 4) is 5.75 Å². The zero-order valence-corrected chi connectivity index (χ0v) is 11.6. The Balaban J connectivity index is 2.31. The lowest BCUT2D eigenvalue weighted by Crippen LogP contribution is -2.12. The number of hydrogen-bond acceptors (Lipinski definition) is 5. The molecule has 0 aliphatic carbocycles. The summed E-state index contributed by atoms with van der Waals surface area (Å²) in [6.45, 7) is 0. The zero-order chi connectivity index (χ0) is 14.8. The lowest BCUT2D eigenvalue weighted by Gasteiger charge is -2.10. The number of hydrogen-bond donors (Lipinski definition) is 3. The number of nitrogens with two attached hydrogens (primary N) is 2. The van der Waals surface area contributed by atoms with Crippen molar-refractivity contribution in [2.24, 2.45) is 5.14 Å². The van der Waals surface area contributed by atoms with Crippen LogP contribution in [0.15, 0.2) is 47.4 Å². The lowest BCUT2D eigenvalue weighted by atomic mass is 10.2. The van der Waals surface area contributed by atoms with E-state index >= 15 is 0 Å². The Bertz CT molecular complexity index is 712. The van der Waals surface area contributed by atoms with E-state index in [1.807, 2.05) is 0 Å². The summed E-state index contributed by atoms with van der Waals surface area (Å²) in [6, 6.07) is 11.5. The van der Waals surface area contributed by atoms with Crippen LogP contribution < -0.4 is 20.9 Å². The fourth-order valence-electron chi connectivity index (χ4n) is 1.70. The largest absolute Gasteiger partial charge is 0.497 e. The summed E-state index contributed by atoms with van der Waals surface area (Å²) in [6.07, 6.45) is 0. The van der Waals surface area contributed by atoms with Gasteiger partial charge in [0.25, 0.3) is 0 Å². The number of benzene rings is 2. The SMILES string of the molecule is COc1ccc(Nc2cc(N)cc(S(N)(=O)=O)c2)cc1. The first-order valence-electron chi connectivity index (χ1n) is 5.73. The van der Waals surface area contributed by atoms with Crippen LogP contribution in [0.2, 0.25) is 0 Å². The third-order valence-corrected chi connectivity index (χ3v) is 3.53. The van der Waals surface area contributed by atoms with Crippen molar-refractivity contribution < 1.29 is 13.2 Å². The number of ether oxygens (including phenoxy) is 1. The van der Waals surface area contributed by atoms with Crippen LogP contribution in [0.5, 0.6) is 5.75 Å². The summed E-state index contributed by atoms with van der Waals surface area (Å²) < 4.78 is 27.8. The molecule has 2 rings (SSSR count). The van der Waals surface area contributed by atoms with Crippen molar-refractivity contribution in [3.63, 3.8) is 0 Å². The molecular formula is C13H15N3O3S. The highest BCUT2D eigenvalue weighted by Crippen LogP contribution is 2.24. The van der Waals surface area contributed by atoms with Gasteiger partial charge in [-0.05, 0) is 42.5 Å². The highest BCUT2D eigenvalue weighted by atomic mass is 32.2. The van der Waals surface area contributed by atoms with Gasteiger partial charge in [-0.1, -0.05) is 0 Å². The van der Waals surface area contributed by atoms with E-state index in [9.17, 15) is 8.42 Å². The highest BCUT2D eigenvalue weighted by Gasteiger charge is 2.10. The monoisotopic (exact) mass is 293 g/mol. The van der Waals surface area contributed by atoms with Crippen LogP contribution in [0.3, 0.4) is 0 Å². The highest BCUT2D eigenvalue weighted by molar-refractivity contribution is 7.89. The minimum atomic E-state index is -3.79. The molecular weight excluding hydrogens is 278 g/mol. The smallest absolute Gasteiger partial charge is 0.238 e. The molecule has 0 radical (unpaired) electrons. The fourth-order valence-corrected chi connectivity index (χ4v) is 2.29. The maximum absolute atomic E-state index is 11.4. The van der Waals surface area contributed by atoms with E-state index in [2.05, 4.69) is 5.32 Å². The predicted octanol–water partition coefficient (Wildman–Crippen LogP) is 1.67. The molecule has 0 bridgehead atoms. The van der Waals surface area contributed by atoms with E-state index < -0.39 is 10.0 Å². The maximum Gasteiger partial charge on any atom is 0.238 e. The molecule has 0 saturated carbocycles. The minimum absolute atomic E-state index is 0.0338. The average molecular weight is 293 g/mol. The molecule has 0 amide bonds. The standard InChI is InChI=1S/C13H15N3O3S/c1-19-12-4-2-10(3-5-12)16-11-6-9(14)7-13(8-11)20(15,17)18/h2-8,16H,14H2,1H3,(H2,15,17,18). The molecule has 20 heavy (non-hydrogen) atoms. The van der Waals surface area contributed by atoms with Gasteiger partial charge in [-0.15, -0.1) is 0 Å². The zero-order valence-electron chi connectivity index (χ0n) is 10.8. The van der Waals surface area contributed by atoms with Gasteiger partial charge < -0.3 is 15.8 Å². The number of nitrogen functional groups attached to an aromatic ring is 1. The molecule has 6 nitrogen and oxygen atoms in total. The molecule has 7 heteroatoms.